The van der Waals surface area contributed by atoms with Crippen molar-refractivity contribution in [2.75, 3.05) is 23.4 Å². The van der Waals surface area contributed by atoms with E-state index < -0.39 is 0 Å². The van der Waals surface area contributed by atoms with Gasteiger partial charge in [-0.2, -0.15) is 0 Å². The molecule has 0 saturated heterocycles. The molecule has 110 valence electrons. The van der Waals surface area contributed by atoms with E-state index in [0.717, 1.165) is 0 Å². The van der Waals surface area contributed by atoms with E-state index in [9.17, 15) is 4.79 Å². The van der Waals surface area contributed by atoms with E-state index in [1.807, 2.05) is 0 Å². The number of nitrogens with two attached hydrogens (primary N) is 2. The molecule has 1 aromatic heterocycles. The van der Waals surface area contributed by atoms with Gasteiger partial charge in [0.1, 0.15) is 5.69 Å². The molecule has 0 bridgehead atoms. The van der Waals surface area contributed by atoms with E-state index in [1.54, 1.807) is 6.07 Å². The number of carbonyl (C=O) groups excluding carboxylic acids is 1. The van der Waals surface area contributed by atoms with Gasteiger partial charge in [0, 0.05) is 17.6 Å². The van der Waals surface area contributed by atoms with Crippen LogP contribution in [-0.2, 0) is 4.79 Å². The second kappa shape index (κ2) is 5.93. The Hall–Kier alpha value is -1.76. The van der Waals surface area contributed by atoms with Crippen molar-refractivity contribution in [2.24, 2.45) is 0 Å². The summed E-state index contributed by atoms with van der Waals surface area (Å²) in [5, 5.41) is 0.844. The molecule has 0 aliphatic rings. The normalized spacial score (nSPS) is 10.5. The van der Waals surface area contributed by atoms with Crippen LogP contribution in [0.5, 0.6) is 0 Å². The highest BCUT2D eigenvalue weighted by Crippen LogP contribution is 2.38. The largest absolute Gasteiger partial charge is 0.382 e. The first-order valence-corrected chi connectivity index (χ1v) is 6.74. The fourth-order valence-electron chi connectivity index (χ4n) is 1.69. The van der Waals surface area contributed by atoms with Crippen molar-refractivity contribution in [3.63, 3.8) is 0 Å². The zero-order valence-corrected chi connectivity index (χ0v) is 13.0. The van der Waals surface area contributed by atoms with Crippen LogP contribution in [-0.4, -0.2) is 23.4 Å². The van der Waals surface area contributed by atoms with Crippen LogP contribution in [0.3, 0.4) is 0 Å². The highest BCUT2D eigenvalue weighted by molar-refractivity contribution is 6.45. The summed E-state index contributed by atoms with van der Waals surface area (Å²) in [4.78, 5) is 20.2. The lowest BCUT2D eigenvalue weighted by Crippen LogP contribution is -2.19. The summed E-state index contributed by atoms with van der Waals surface area (Å²) in [6, 6.07) is 3.05. The highest BCUT2D eigenvalue weighted by atomic mass is 35.5. The summed E-state index contributed by atoms with van der Waals surface area (Å²) in [5.74, 6) is 0.229. The lowest BCUT2D eigenvalue weighted by atomic mass is 10.1. The molecule has 0 spiro atoms. The van der Waals surface area contributed by atoms with Gasteiger partial charge in [0.05, 0.1) is 10.0 Å². The smallest absolute Gasteiger partial charge is 0.215 e. The molecule has 0 fully saturated rings. The molecule has 9 heteroatoms. The van der Waals surface area contributed by atoms with E-state index in [0.29, 0.717) is 17.0 Å². The van der Waals surface area contributed by atoms with Gasteiger partial charge in [0.2, 0.25) is 6.41 Å². The van der Waals surface area contributed by atoms with Crippen LogP contribution in [0.1, 0.15) is 0 Å². The third kappa shape index (κ3) is 2.97. The number of aromatic nitrogens is 2. The Labute approximate surface area is 135 Å². The lowest BCUT2D eigenvalue weighted by molar-refractivity contribution is -0.107. The number of hydrogen-bond donors (Lipinski definition) is 2. The van der Waals surface area contributed by atoms with Crippen LogP contribution in [0.4, 0.5) is 17.5 Å². The first-order chi connectivity index (χ1) is 9.85. The van der Waals surface area contributed by atoms with Gasteiger partial charge >= 0.3 is 0 Å². The Morgan fingerprint density at radius 2 is 1.81 bits per heavy atom. The standard InChI is InChI=1S/C12H10Cl3N5O/c1-20(4-21)12-11(17)19-10(16)9(18-12)6-2-5(13)3-7(14)8(6)15/h2-4H,1H3,(H4,16,17,19). The molecule has 0 radical (unpaired) electrons. The minimum Gasteiger partial charge on any atom is -0.382 e. The Balaban J connectivity index is 2.72. The predicted molar refractivity (Wildman–Crippen MR) is 85.8 cm³/mol. The number of anilines is 3. The summed E-state index contributed by atoms with van der Waals surface area (Å²) >= 11 is 18.1. The molecule has 0 atom stereocenters. The number of hydrogen-bond acceptors (Lipinski definition) is 5. The van der Waals surface area contributed by atoms with Crippen molar-refractivity contribution < 1.29 is 4.79 Å². The Kier molecular flexibility index (Phi) is 4.41. The predicted octanol–water partition coefficient (Wildman–Crippen LogP) is 2.86. The van der Waals surface area contributed by atoms with Gasteiger partial charge in [-0.3, -0.25) is 9.69 Å². The number of benzene rings is 1. The quantitative estimate of drug-likeness (QED) is 0.658. The van der Waals surface area contributed by atoms with E-state index in [1.165, 1.54) is 18.0 Å². The topological polar surface area (TPSA) is 98.1 Å². The molecule has 6 nitrogen and oxygen atoms in total. The van der Waals surface area contributed by atoms with Crippen LogP contribution >= 0.6 is 34.8 Å². The van der Waals surface area contributed by atoms with Gasteiger partial charge in [0.15, 0.2) is 17.5 Å². The fourth-order valence-corrected chi connectivity index (χ4v) is 2.38. The van der Waals surface area contributed by atoms with Crippen molar-refractivity contribution in [3.8, 4) is 11.3 Å². The monoisotopic (exact) mass is 345 g/mol. The van der Waals surface area contributed by atoms with Crippen LogP contribution < -0.4 is 16.4 Å². The van der Waals surface area contributed by atoms with Crippen LogP contribution in [0.15, 0.2) is 12.1 Å². The summed E-state index contributed by atoms with van der Waals surface area (Å²) < 4.78 is 0. The Morgan fingerprint density at radius 1 is 1.14 bits per heavy atom. The SMILES string of the molecule is CN(C=O)c1nc(-c2cc(Cl)cc(Cl)c2Cl)c(N)nc1N. The molecule has 0 saturated carbocycles. The second-order valence-corrected chi connectivity index (χ2v) is 5.35. The molecule has 0 aliphatic carbocycles. The molecule has 1 aromatic carbocycles. The van der Waals surface area contributed by atoms with Crippen molar-refractivity contribution in [3.05, 3.63) is 27.2 Å². The van der Waals surface area contributed by atoms with E-state index >= 15 is 0 Å². The third-order valence-electron chi connectivity index (χ3n) is 2.67. The summed E-state index contributed by atoms with van der Waals surface area (Å²) in [6.45, 7) is 0. The van der Waals surface area contributed by atoms with E-state index in [2.05, 4.69) is 9.97 Å². The molecule has 0 unspecified atom stereocenters. The first-order valence-electron chi connectivity index (χ1n) is 5.61. The molecule has 1 heterocycles. The average Bonchev–Trinajstić information content (AvgIpc) is 2.42. The van der Waals surface area contributed by atoms with E-state index in [4.69, 9.17) is 46.3 Å². The van der Waals surface area contributed by atoms with Crippen LogP contribution in [0.25, 0.3) is 11.3 Å². The summed E-state index contributed by atoms with van der Waals surface area (Å²) in [7, 11) is 1.49. The van der Waals surface area contributed by atoms with Crippen LogP contribution in [0, 0.1) is 0 Å². The molecular weight excluding hydrogens is 337 g/mol. The van der Waals surface area contributed by atoms with Gasteiger partial charge in [-0.25, -0.2) is 9.97 Å². The maximum absolute atomic E-state index is 10.9. The zero-order valence-electron chi connectivity index (χ0n) is 10.8. The van der Waals surface area contributed by atoms with Gasteiger partial charge in [-0.05, 0) is 12.1 Å². The van der Waals surface area contributed by atoms with Gasteiger partial charge in [-0.15, -0.1) is 0 Å². The lowest BCUT2D eigenvalue weighted by Gasteiger charge is -2.15. The Bertz CT molecular complexity index is 723. The number of amides is 1. The number of halogens is 3. The number of carbonyl (C=O) groups is 1. The number of nitrogen functional groups attached to an aromatic ring is 2. The second-order valence-electron chi connectivity index (χ2n) is 4.13. The first kappa shape index (κ1) is 15.6. The van der Waals surface area contributed by atoms with Gasteiger partial charge < -0.3 is 11.5 Å². The fraction of sp³-hybridized carbons (Fsp3) is 0.0833. The minimum atomic E-state index is 0.0232. The number of rotatable bonds is 3. The maximum Gasteiger partial charge on any atom is 0.215 e. The average molecular weight is 347 g/mol. The minimum absolute atomic E-state index is 0.0232. The maximum atomic E-state index is 10.9. The van der Waals surface area contributed by atoms with Crippen molar-refractivity contribution in [1.82, 2.24) is 9.97 Å². The van der Waals surface area contributed by atoms with Crippen LogP contribution in [0.2, 0.25) is 15.1 Å². The molecular formula is C12H10Cl3N5O. The number of nitrogens with zero attached hydrogens (tertiary/aromatic N) is 3. The van der Waals surface area contributed by atoms with E-state index in [-0.39, 0.29) is 33.2 Å². The van der Waals surface area contributed by atoms with Crippen molar-refractivity contribution >= 4 is 58.7 Å². The molecule has 0 aliphatic heterocycles. The van der Waals surface area contributed by atoms with Crippen molar-refractivity contribution in [2.45, 2.75) is 0 Å². The third-order valence-corrected chi connectivity index (χ3v) is 3.69. The summed E-state index contributed by atoms with van der Waals surface area (Å²) in [6.07, 6.45) is 0.549. The highest BCUT2D eigenvalue weighted by Gasteiger charge is 2.18. The molecule has 2 rings (SSSR count). The Morgan fingerprint density at radius 3 is 2.43 bits per heavy atom. The molecule has 1 amide bonds. The molecule has 4 N–H and O–H groups in total. The molecule has 2 aromatic rings. The van der Waals surface area contributed by atoms with Gasteiger partial charge in [0.25, 0.3) is 0 Å². The summed E-state index contributed by atoms with van der Waals surface area (Å²) in [5.41, 5.74) is 12.2. The molecule has 21 heavy (non-hydrogen) atoms. The van der Waals surface area contributed by atoms with Gasteiger partial charge in [-0.1, -0.05) is 34.8 Å². The van der Waals surface area contributed by atoms with Crippen molar-refractivity contribution in [1.29, 1.82) is 0 Å². The zero-order chi connectivity index (χ0) is 15.7.